The maximum atomic E-state index is 9.61. The fourth-order valence-electron chi connectivity index (χ4n) is 0.0741. The molecule has 0 radical (unpaired) electrons. The van der Waals surface area contributed by atoms with Crippen molar-refractivity contribution in [1.82, 2.24) is 3.22 Å². The average Bonchev–Trinajstić information content (AvgIpc) is 1.69. The number of halogens is 2. The maximum absolute atomic E-state index is 9.61. The molecule has 0 bridgehead atoms. The normalized spacial score (nSPS) is 8.00. The fourth-order valence-corrected chi connectivity index (χ4v) is 0.793. The molecule has 7 heteroatoms. The van der Waals surface area contributed by atoms with Crippen LogP contribution in [-0.2, 0) is 0 Å². The van der Waals surface area contributed by atoms with Crippen molar-refractivity contribution in [3.63, 3.8) is 0 Å². The molecule has 0 aliphatic carbocycles. The summed E-state index contributed by atoms with van der Waals surface area (Å²) in [5.74, 6) is 0. The summed E-state index contributed by atoms with van der Waals surface area (Å²) in [6, 6.07) is 0. The standard InChI is InChI=1S/CClIN3O2/c2-3-5(1-4)6(7)8/q-1. The summed E-state index contributed by atoms with van der Waals surface area (Å²) < 4.78 is 0.320. The van der Waals surface area contributed by atoms with Crippen molar-refractivity contribution in [3.8, 4) is 6.19 Å². The fraction of sp³-hybridized carbons (Fsp3) is 0. The van der Waals surface area contributed by atoms with Gasteiger partial charge in [0.25, 0.3) is 0 Å². The quantitative estimate of drug-likeness (QED) is 0.131. The summed E-state index contributed by atoms with van der Waals surface area (Å²) in [4.78, 5) is 9.61. The number of hydrazine groups is 1. The van der Waals surface area contributed by atoms with Crippen molar-refractivity contribution < 1.29 is 25.4 Å². The summed E-state index contributed by atoms with van der Waals surface area (Å²) in [5.41, 5.74) is 0. The Bertz CT molecular complexity index is 132. The molecule has 0 unspecified atom stereocenters. The van der Waals surface area contributed by atoms with Crippen LogP contribution in [0.15, 0.2) is 0 Å². The second kappa shape index (κ2) is 3.68. The van der Waals surface area contributed by atoms with Crippen molar-refractivity contribution in [2.75, 3.05) is 0 Å². The summed E-state index contributed by atoms with van der Waals surface area (Å²) in [6.45, 7) is 0. The first-order chi connectivity index (χ1) is 3.72. The topological polar surface area (TPSA) is 70.2 Å². The minimum absolute atomic E-state index is 0.320. The predicted octanol–water partition coefficient (Wildman–Crippen LogP) is -2.88. The van der Waals surface area contributed by atoms with Crippen molar-refractivity contribution in [2.24, 2.45) is 0 Å². The minimum atomic E-state index is -1.25. The van der Waals surface area contributed by atoms with Gasteiger partial charge in [-0.1, -0.05) is 0 Å². The number of hydrogen-bond donors (Lipinski definition) is 0. The first kappa shape index (κ1) is 7.71. The van der Waals surface area contributed by atoms with E-state index in [1.807, 2.05) is 0 Å². The molecule has 0 fully saturated rings. The molecular formula is CClIN3O2-. The van der Waals surface area contributed by atoms with Gasteiger partial charge >= 0.3 is 59.1 Å². The number of rotatable bonds is 2. The average molecular weight is 248 g/mol. The van der Waals surface area contributed by atoms with Gasteiger partial charge in [0.15, 0.2) is 0 Å². The van der Waals surface area contributed by atoms with Gasteiger partial charge in [-0.3, -0.25) is 0 Å². The number of hydrogen-bond acceptors (Lipinski definition) is 3. The van der Waals surface area contributed by atoms with Crippen LogP contribution in [-0.4, -0.2) is 8.25 Å². The molecule has 0 aromatic carbocycles. The Hall–Kier alpha value is -0.290. The molecule has 0 spiro atoms. The van der Waals surface area contributed by atoms with Crippen molar-refractivity contribution >= 4 is 8.91 Å². The van der Waals surface area contributed by atoms with E-state index in [-0.39, 0.29) is 0 Å². The molecule has 0 heterocycles. The van der Waals surface area contributed by atoms with Crippen LogP contribution in [0.5, 0.6) is 0 Å². The molecule has 0 aromatic rings. The van der Waals surface area contributed by atoms with Gasteiger partial charge < -0.3 is 0 Å². The van der Waals surface area contributed by atoms with Gasteiger partial charge in [-0.15, -0.1) is 0 Å². The second-order valence-electron chi connectivity index (χ2n) is 0.662. The molecular weight excluding hydrogens is 248 g/mol. The van der Waals surface area contributed by atoms with Crippen LogP contribution in [0.3, 0.4) is 0 Å². The van der Waals surface area contributed by atoms with Gasteiger partial charge in [-0.2, -0.15) is 0 Å². The van der Waals surface area contributed by atoms with E-state index in [1.165, 1.54) is 6.19 Å². The molecule has 5 nitrogen and oxygen atoms in total. The van der Waals surface area contributed by atoms with Crippen LogP contribution in [0.1, 0.15) is 0 Å². The van der Waals surface area contributed by atoms with Gasteiger partial charge in [0.05, 0.1) is 0 Å². The van der Waals surface area contributed by atoms with Crippen LogP contribution in [0, 0.1) is 21.6 Å². The zero-order valence-electron chi connectivity index (χ0n) is 3.41. The third-order valence-electron chi connectivity index (χ3n) is 0.286. The molecule has 0 aromatic heterocycles. The molecule has 0 aliphatic heterocycles. The second-order valence-corrected chi connectivity index (χ2v) is 2.80. The third-order valence-corrected chi connectivity index (χ3v) is 2.01. The van der Waals surface area contributed by atoms with Gasteiger partial charge in [-0.25, -0.2) is 0 Å². The number of nitrogens with zero attached hydrogens (tertiary/aromatic N) is 3. The summed E-state index contributed by atoms with van der Waals surface area (Å²) in [5, 5.41) is 16.7. The zero-order valence-corrected chi connectivity index (χ0v) is 6.33. The summed E-state index contributed by atoms with van der Waals surface area (Å²) >= 11 is -1.25. The van der Waals surface area contributed by atoms with Crippen LogP contribution < -0.4 is 20.4 Å². The Balaban J connectivity index is 3.76. The Kier molecular flexibility index (Phi) is 3.55. The van der Waals surface area contributed by atoms with E-state index in [2.05, 4.69) is 0 Å². The van der Waals surface area contributed by atoms with Crippen LogP contribution >= 0.6 is 8.91 Å². The number of nitro groups is 1. The van der Waals surface area contributed by atoms with Crippen LogP contribution in [0.25, 0.3) is 0 Å². The van der Waals surface area contributed by atoms with Crippen molar-refractivity contribution in [1.29, 1.82) is 5.26 Å². The van der Waals surface area contributed by atoms with E-state index < -0.39 is 25.4 Å². The SMILES string of the molecule is N#CN([I-]Cl)[N+](=O)[O-]. The first-order valence-electron chi connectivity index (χ1n) is 1.32. The van der Waals surface area contributed by atoms with E-state index in [9.17, 15) is 10.1 Å². The van der Waals surface area contributed by atoms with E-state index in [4.69, 9.17) is 14.2 Å². The molecule has 46 valence electrons. The van der Waals surface area contributed by atoms with Crippen molar-refractivity contribution in [2.45, 2.75) is 0 Å². The Labute approximate surface area is 59.3 Å². The van der Waals surface area contributed by atoms with Gasteiger partial charge in [0, 0.05) is 0 Å². The Morgan fingerprint density at radius 1 is 2.00 bits per heavy atom. The number of nitriles is 1. The Morgan fingerprint density at radius 3 is 2.50 bits per heavy atom. The van der Waals surface area contributed by atoms with E-state index >= 15 is 0 Å². The first-order valence-corrected chi connectivity index (χ1v) is 5.02. The van der Waals surface area contributed by atoms with Crippen LogP contribution in [0.2, 0.25) is 0 Å². The molecule has 8 heavy (non-hydrogen) atoms. The molecule has 0 atom stereocenters. The molecule has 0 saturated carbocycles. The predicted molar refractivity (Wildman–Crippen MR) is 20.3 cm³/mol. The molecule has 0 amide bonds. The van der Waals surface area contributed by atoms with Gasteiger partial charge in [0.1, 0.15) is 0 Å². The zero-order chi connectivity index (χ0) is 6.57. The molecule has 0 rings (SSSR count). The van der Waals surface area contributed by atoms with E-state index in [0.717, 1.165) is 0 Å². The molecule has 0 N–H and O–H groups in total. The summed E-state index contributed by atoms with van der Waals surface area (Å²) in [6.07, 6.45) is 1.30. The van der Waals surface area contributed by atoms with Gasteiger partial charge in [0.2, 0.25) is 0 Å². The van der Waals surface area contributed by atoms with E-state index in [1.54, 1.807) is 0 Å². The summed E-state index contributed by atoms with van der Waals surface area (Å²) in [7, 11) is 5.03. The van der Waals surface area contributed by atoms with Gasteiger partial charge in [-0.05, 0) is 0 Å². The Morgan fingerprint density at radius 2 is 2.50 bits per heavy atom. The third kappa shape index (κ3) is 2.13. The van der Waals surface area contributed by atoms with Crippen molar-refractivity contribution in [3.05, 3.63) is 10.1 Å². The van der Waals surface area contributed by atoms with E-state index in [0.29, 0.717) is 3.22 Å². The molecule has 0 aliphatic rings. The van der Waals surface area contributed by atoms with Crippen LogP contribution in [0.4, 0.5) is 0 Å². The monoisotopic (exact) mass is 248 g/mol. The molecule has 0 saturated heterocycles.